The van der Waals surface area contributed by atoms with E-state index >= 15 is 0 Å². The summed E-state index contributed by atoms with van der Waals surface area (Å²) >= 11 is 0. The van der Waals surface area contributed by atoms with Gasteiger partial charge in [-0.15, -0.1) is 0 Å². The average molecular weight is 377 g/mol. The third-order valence-electron chi connectivity index (χ3n) is 5.66. The van der Waals surface area contributed by atoms with Gasteiger partial charge in [-0.1, -0.05) is 41.5 Å². The van der Waals surface area contributed by atoms with Crippen LogP contribution in [0.3, 0.4) is 0 Å². The van der Waals surface area contributed by atoms with E-state index in [9.17, 15) is 4.79 Å². The van der Waals surface area contributed by atoms with E-state index in [0.29, 0.717) is 19.6 Å². The van der Waals surface area contributed by atoms with Crippen LogP contribution >= 0.6 is 0 Å². The topological polar surface area (TPSA) is 44.8 Å². The Hall–Kier alpha value is -0.176. The van der Waals surface area contributed by atoms with Crippen molar-refractivity contribution in [3.63, 3.8) is 0 Å². The number of hydrogen-bond acceptors (Lipinski definition) is 4. The molecule has 0 amide bonds. The Labute approximate surface area is 151 Å². The molecule has 0 heterocycles. The van der Waals surface area contributed by atoms with Crippen LogP contribution < -0.4 is 0 Å². The van der Waals surface area contributed by atoms with Gasteiger partial charge in [0.1, 0.15) is 0 Å². The molecular formula is C18H40O4Si2. The van der Waals surface area contributed by atoms with Crippen LogP contribution in [0.15, 0.2) is 0 Å². The van der Waals surface area contributed by atoms with Gasteiger partial charge in [0.15, 0.2) is 16.6 Å². The molecule has 0 aliphatic heterocycles. The number of rotatable bonds is 8. The lowest BCUT2D eigenvalue weighted by Crippen LogP contribution is -2.44. The summed E-state index contributed by atoms with van der Waals surface area (Å²) in [7, 11) is -2.24. The Kier molecular flexibility index (Phi) is 8.41. The van der Waals surface area contributed by atoms with Gasteiger partial charge >= 0.3 is 5.97 Å². The second-order valence-electron chi connectivity index (χ2n) is 9.79. The number of methoxy groups -OCH3 is 1. The summed E-state index contributed by atoms with van der Waals surface area (Å²) in [5.74, 6) is -0.154. The summed E-state index contributed by atoms with van der Waals surface area (Å²) in [6, 6.07) is 0. The summed E-state index contributed by atoms with van der Waals surface area (Å²) in [4.78, 5) is 11.8. The lowest BCUT2D eigenvalue weighted by molar-refractivity contribution is -0.142. The first-order valence-electron chi connectivity index (χ1n) is 8.88. The predicted molar refractivity (Wildman–Crippen MR) is 106 cm³/mol. The molecule has 0 radical (unpaired) electrons. The molecule has 0 aromatic rings. The van der Waals surface area contributed by atoms with Crippen molar-refractivity contribution < 1.29 is 18.4 Å². The zero-order chi connectivity index (χ0) is 19.4. The first-order chi connectivity index (χ1) is 10.5. The van der Waals surface area contributed by atoms with Crippen LogP contribution in [0.5, 0.6) is 0 Å². The highest BCUT2D eigenvalue weighted by atomic mass is 28.4. The first kappa shape index (κ1) is 23.8. The molecule has 0 unspecified atom stereocenters. The van der Waals surface area contributed by atoms with Gasteiger partial charge in [0.2, 0.25) is 0 Å². The fourth-order valence-electron chi connectivity index (χ4n) is 1.57. The number of esters is 1. The van der Waals surface area contributed by atoms with Gasteiger partial charge in [-0.05, 0) is 36.3 Å². The molecule has 0 aliphatic rings. The Morgan fingerprint density at radius 3 is 1.42 bits per heavy atom. The summed E-state index contributed by atoms with van der Waals surface area (Å²) in [6.45, 7) is 23.4. The van der Waals surface area contributed by atoms with Crippen LogP contribution in [0, 0.1) is 5.92 Å². The van der Waals surface area contributed by atoms with Crippen LogP contribution in [-0.2, 0) is 18.4 Å². The average Bonchev–Trinajstić information content (AvgIpc) is 2.39. The molecule has 0 saturated carbocycles. The van der Waals surface area contributed by atoms with E-state index in [1.807, 2.05) is 0 Å². The van der Waals surface area contributed by atoms with Crippen LogP contribution in [0.2, 0.25) is 36.3 Å². The quantitative estimate of drug-likeness (QED) is 0.431. The molecule has 0 saturated heterocycles. The number of carbonyl (C=O) groups excluding carboxylic acids is 1. The molecule has 0 aliphatic carbocycles. The third-order valence-corrected chi connectivity index (χ3v) is 14.7. The zero-order valence-electron chi connectivity index (χ0n) is 17.8. The molecular weight excluding hydrogens is 336 g/mol. The molecule has 0 spiro atoms. The van der Waals surface area contributed by atoms with Gasteiger partial charge in [0.25, 0.3) is 0 Å². The highest BCUT2D eigenvalue weighted by Gasteiger charge is 2.39. The minimum Gasteiger partial charge on any atom is -0.469 e. The molecule has 0 N–H and O–H groups in total. The Morgan fingerprint density at radius 2 is 1.17 bits per heavy atom. The fraction of sp³-hybridized carbons (Fsp3) is 0.944. The number of carbonyl (C=O) groups is 1. The summed E-state index contributed by atoms with van der Waals surface area (Å²) in [5.41, 5.74) is 0. The number of ether oxygens (including phenoxy) is 1. The Balaban J connectivity index is 4.92. The standard InChI is InChI=1S/C18H40O4Si2/c1-17(2,3)23(8,9)21-13-15(12-16(19)20-7)14-22-24(10,11)18(4,5)6/h15H,12-14H2,1-11H3. The lowest BCUT2D eigenvalue weighted by atomic mass is 10.1. The van der Waals surface area contributed by atoms with Crippen molar-refractivity contribution in [2.24, 2.45) is 5.92 Å². The molecule has 6 heteroatoms. The van der Waals surface area contributed by atoms with E-state index < -0.39 is 16.6 Å². The van der Waals surface area contributed by atoms with Crippen LogP contribution in [0.1, 0.15) is 48.0 Å². The molecule has 0 bridgehead atoms. The zero-order valence-corrected chi connectivity index (χ0v) is 19.8. The highest BCUT2D eigenvalue weighted by molar-refractivity contribution is 6.74. The predicted octanol–water partition coefficient (Wildman–Crippen LogP) is 5.21. The highest BCUT2D eigenvalue weighted by Crippen LogP contribution is 2.38. The SMILES string of the molecule is COC(=O)CC(CO[Si](C)(C)C(C)(C)C)CO[Si](C)(C)C(C)(C)C. The largest absolute Gasteiger partial charge is 0.469 e. The lowest BCUT2D eigenvalue weighted by Gasteiger charge is -2.39. The summed E-state index contributed by atoms with van der Waals surface area (Å²) in [5, 5.41) is 0.312. The van der Waals surface area contributed by atoms with Crippen LogP contribution in [0.4, 0.5) is 0 Å². The Bertz CT molecular complexity index is 376. The van der Waals surface area contributed by atoms with Crippen molar-refractivity contribution in [2.45, 2.75) is 84.2 Å². The molecule has 144 valence electrons. The molecule has 0 fully saturated rings. The number of hydrogen-bond donors (Lipinski definition) is 0. The van der Waals surface area contributed by atoms with E-state index in [1.165, 1.54) is 7.11 Å². The fourth-order valence-corrected chi connectivity index (χ4v) is 3.74. The third kappa shape index (κ3) is 7.37. The van der Waals surface area contributed by atoms with E-state index in [1.54, 1.807) is 0 Å². The van der Waals surface area contributed by atoms with Gasteiger partial charge in [-0.25, -0.2) is 0 Å². The van der Waals surface area contributed by atoms with Crippen LogP contribution in [0.25, 0.3) is 0 Å². The molecule has 0 rings (SSSR count). The second kappa shape index (κ2) is 8.47. The molecule has 0 aromatic carbocycles. The monoisotopic (exact) mass is 376 g/mol. The van der Waals surface area contributed by atoms with E-state index in [-0.39, 0.29) is 22.0 Å². The maximum absolute atomic E-state index is 11.8. The normalized spacial score (nSPS) is 14.2. The Morgan fingerprint density at radius 1 is 0.833 bits per heavy atom. The maximum Gasteiger partial charge on any atom is 0.305 e. The van der Waals surface area contributed by atoms with E-state index in [0.717, 1.165) is 0 Å². The summed E-state index contributed by atoms with van der Waals surface area (Å²) < 4.78 is 17.5. The summed E-state index contributed by atoms with van der Waals surface area (Å²) in [6.07, 6.45) is 0.347. The molecule has 24 heavy (non-hydrogen) atoms. The van der Waals surface area contributed by atoms with E-state index in [4.69, 9.17) is 13.6 Å². The molecule has 0 atom stereocenters. The van der Waals surface area contributed by atoms with Gasteiger partial charge in [0, 0.05) is 19.1 Å². The molecule has 0 aromatic heterocycles. The molecule has 4 nitrogen and oxygen atoms in total. The van der Waals surface area contributed by atoms with Crippen molar-refractivity contribution in [3.05, 3.63) is 0 Å². The second-order valence-corrected chi connectivity index (χ2v) is 19.4. The minimum absolute atomic E-state index is 0.0423. The van der Waals surface area contributed by atoms with Crippen molar-refractivity contribution in [1.82, 2.24) is 0 Å². The van der Waals surface area contributed by atoms with Gasteiger partial charge in [-0.3, -0.25) is 4.79 Å². The maximum atomic E-state index is 11.8. The van der Waals surface area contributed by atoms with Gasteiger partial charge < -0.3 is 13.6 Å². The van der Waals surface area contributed by atoms with Gasteiger partial charge in [0.05, 0.1) is 13.5 Å². The minimum atomic E-state index is -1.84. The first-order valence-corrected chi connectivity index (χ1v) is 14.7. The van der Waals surface area contributed by atoms with Crippen molar-refractivity contribution in [1.29, 1.82) is 0 Å². The smallest absolute Gasteiger partial charge is 0.305 e. The van der Waals surface area contributed by atoms with Crippen molar-refractivity contribution in [3.8, 4) is 0 Å². The van der Waals surface area contributed by atoms with Gasteiger partial charge in [-0.2, -0.15) is 0 Å². The van der Waals surface area contributed by atoms with Crippen molar-refractivity contribution >= 4 is 22.6 Å². The van der Waals surface area contributed by atoms with Crippen molar-refractivity contribution in [2.75, 3.05) is 20.3 Å². The van der Waals surface area contributed by atoms with E-state index in [2.05, 4.69) is 67.7 Å². The van der Waals surface area contributed by atoms with Crippen LogP contribution in [-0.4, -0.2) is 42.9 Å².